The standard InChI is InChI=1S/C15H23FN4O2S/c16-14-4-3-5-15(19-6-1-2-7-19)13(14)12-18-8-10-20(11-9-18)23(17,21)22/h3-5H,1-2,6-12H2,(H2,17,21,22). The van der Waals surface area contributed by atoms with Crippen LogP contribution in [0.1, 0.15) is 18.4 Å². The summed E-state index contributed by atoms with van der Waals surface area (Å²) >= 11 is 0. The molecule has 0 aliphatic carbocycles. The number of nitrogens with two attached hydrogens (primary N) is 1. The fraction of sp³-hybridized carbons (Fsp3) is 0.600. The first-order valence-corrected chi connectivity index (χ1v) is 9.48. The molecule has 3 rings (SSSR count). The summed E-state index contributed by atoms with van der Waals surface area (Å²) in [7, 11) is -3.63. The zero-order chi connectivity index (χ0) is 16.4. The highest BCUT2D eigenvalue weighted by atomic mass is 32.2. The Morgan fingerprint density at radius 2 is 1.70 bits per heavy atom. The third-order valence-corrected chi connectivity index (χ3v) is 5.70. The summed E-state index contributed by atoms with van der Waals surface area (Å²) < 4.78 is 38.3. The van der Waals surface area contributed by atoms with E-state index >= 15 is 0 Å². The second-order valence-corrected chi connectivity index (χ2v) is 7.70. The van der Waals surface area contributed by atoms with E-state index in [2.05, 4.69) is 9.80 Å². The van der Waals surface area contributed by atoms with Gasteiger partial charge in [0.25, 0.3) is 10.2 Å². The number of hydrogen-bond acceptors (Lipinski definition) is 4. The summed E-state index contributed by atoms with van der Waals surface area (Å²) in [6.45, 7) is 4.26. The maximum Gasteiger partial charge on any atom is 0.276 e. The van der Waals surface area contributed by atoms with Crippen molar-refractivity contribution in [1.82, 2.24) is 9.21 Å². The molecule has 0 radical (unpaired) electrons. The van der Waals surface area contributed by atoms with Crippen molar-refractivity contribution in [2.75, 3.05) is 44.2 Å². The van der Waals surface area contributed by atoms with Crippen molar-refractivity contribution in [3.8, 4) is 0 Å². The lowest BCUT2D eigenvalue weighted by Crippen LogP contribution is -2.50. The minimum absolute atomic E-state index is 0.191. The Labute approximate surface area is 136 Å². The molecule has 2 saturated heterocycles. The number of rotatable bonds is 4. The summed E-state index contributed by atoms with van der Waals surface area (Å²) in [5.74, 6) is -0.191. The lowest BCUT2D eigenvalue weighted by molar-refractivity contribution is 0.180. The quantitative estimate of drug-likeness (QED) is 0.876. The third kappa shape index (κ3) is 3.82. The first-order chi connectivity index (χ1) is 10.9. The molecular weight excluding hydrogens is 319 g/mol. The van der Waals surface area contributed by atoms with E-state index in [1.807, 2.05) is 6.07 Å². The van der Waals surface area contributed by atoms with E-state index in [0.717, 1.165) is 31.6 Å². The van der Waals surface area contributed by atoms with Gasteiger partial charge in [0.1, 0.15) is 5.82 Å². The predicted octanol–water partition coefficient (Wildman–Crippen LogP) is 0.747. The van der Waals surface area contributed by atoms with Crippen LogP contribution < -0.4 is 10.0 Å². The molecule has 2 aliphatic heterocycles. The number of benzene rings is 1. The van der Waals surface area contributed by atoms with Crippen LogP contribution in [-0.4, -0.2) is 56.9 Å². The number of nitrogens with zero attached hydrogens (tertiary/aromatic N) is 3. The molecule has 8 heteroatoms. The van der Waals surface area contributed by atoms with Crippen LogP contribution in [0.5, 0.6) is 0 Å². The highest BCUT2D eigenvalue weighted by molar-refractivity contribution is 7.86. The van der Waals surface area contributed by atoms with E-state index in [9.17, 15) is 12.8 Å². The van der Waals surface area contributed by atoms with Crippen molar-refractivity contribution in [1.29, 1.82) is 0 Å². The summed E-state index contributed by atoms with van der Waals surface area (Å²) in [6, 6.07) is 5.23. The molecule has 0 aromatic heterocycles. The topological polar surface area (TPSA) is 69.9 Å². The molecule has 0 spiro atoms. The normalized spacial score (nSPS) is 21.0. The zero-order valence-electron chi connectivity index (χ0n) is 13.1. The fourth-order valence-electron chi connectivity index (χ4n) is 3.32. The monoisotopic (exact) mass is 342 g/mol. The van der Waals surface area contributed by atoms with Gasteiger partial charge in [0.05, 0.1) is 0 Å². The van der Waals surface area contributed by atoms with Gasteiger partial charge in [0.15, 0.2) is 0 Å². The maximum absolute atomic E-state index is 14.3. The van der Waals surface area contributed by atoms with Gasteiger partial charge in [-0.15, -0.1) is 0 Å². The van der Waals surface area contributed by atoms with E-state index in [1.54, 1.807) is 6.07 Å². The molecular formula is C15H23FN4O2S. The molecule has 6 nitrogen and oxygen atoms in total. The Bertz CT molecular complexity index is 653. The van der Waals surface area contributed by atoms with Crippen LogP contribution >= 0.6 is 0 Å². The Balaban J connectivity index is 1.71. The number of hydrogen-bond donors (Lipinski definition) is 1. The Morgan fingerprint density at radius 1 is 1.04 bits per heavy atom. The average Bonchev–Trinajstić information content (AvgIpc) is 3.03. The smallest absolute Gasteiger partial charge is 0.276 e. The Hall–Kier alpha value is -1.22. The highest BCUT2D eigenvalue weighted by Crippen LogP contribution is 2.28. The van der Waals surface area contributed by atoms with Crippen LogP contribution in [0, 0.1) is 5.82 Å². The summed E-state index contributed by atoms with van der Waals surface area (Å²) in [5.41, 5.74) is 1.68. The van der Waals surface area contributed by atoms with Gasteiger partial charge in [-0.1, -0.05) is 6.07 Å². The van der Waals surface area contributed by atoms with Crippen molar-refractivity contribution < 1.29 is 12.8 Å². The summed E-state index contributed by atoms with van der Waals surface area (Å²) in [4.78, 5) is 4.32. The van der Waals surface area contributed by atoms with E-state index in [-0.39, 0.29) is 5.82 Å². The predicted molar refractivity (Wildman–Crippen MR) is 87.8 cm³/mol. The highest BCUT2D eigenvalue weighted by Gasteiger charge is 2.26. The van der Waals surface area contributed by atoms with Crippen LogP contribution in [0.15, 0.2) is 18.2 Å². The van der Waals surface area contributed by atoms with Crippen molar-refractivity contribution in [2.45, 2.75) is 19.4 Å². The van der Waals surface area contributed by atoms with Gasteiger partial charge in [-0.05, 0) is 25.0 Å². The molecule has 0 saturated carbocycles. The first kappa shape index (κ1) is 16.6. The summed E-state index contributed by atoms with van der Waals surface area (Å²) in [6.07, 6.45) is 2.28. The molecule has 0 bridgehead atoms. The molecule has 0 unspecified atom stereocenters. The molecule has 2 heterocycles. The SMILES string of the molecule is NS(=O)(=O)N1CCN(Cc2c(F)cccc2N2CCCC2)CC1. The Morgan fingerprint density at radius 3 is 2.30 bits per heavy atom. The van der Waals surface area contributed by atoms with Crippen LogP contribution in [0.4, 0.5) is 10.1 Å². The first-order valence-electron chi connectivity index (χ1n) is 7.98. The van der Waals surface area contributed by atoms with E-state index in [4.69, 9.17) is 5.14 Å². The minimum atomic E-state index is -3.63. The minimum Gasteiger partial charge on any atom is -0.371 e. The van der Waals surface area contributed by atoms with Gasteiger partial charge in [0.2, 0.25) is 0 Å². The molecule has 2 N–H and O–H groups in total. The molecule has 0 atom stereocenters. The molecule has 0 amide bonds. The maximum atomic E-state index is 14.3. The van der Waals surface area contributed by atoms with Crippen LogP contribution in [0.25, 0.3) is 0 Å². The van der Waals surface area contributed by atoms with Crippen LogP contribution in [0.2, 0.25) is 0 Å². The van der Waals surface area contributed by atoms with Crippen molar-refractivity contribution in [2.24, 2.45) is 5.14 Å². The third-order valence-electron chi connectivity index (χ3n) is 4.61. The second-order valence-electron chi connectivity index (χ2n) is 6.15. The lowest BCUT2D eigenvalue weighted by atomic mass is 10.1. The summed E-state index contributed by atoms with van der Waals surface area (Å²) in [5, 5.41) is 5.15. The molecule has 1 aromatic carbocycles. The number of piperazine rings is 1. The van der Waals surface area contributed by atoms with Crippen LogP contribution in [-0.2, 0) is 16.8 Å². The van der Waals surface area contributed by atoms with Gasteiger partial charge in [0, 0.05) is 57.1 Å². The van der Waals surface area contributed by atoms with Crippen molar-refractivity contribution in [3.05, 3.63) is 29.6 Å². The van der Waals surface area contributed by atoms with E-state index in [0.29, 0.717) is 38.3 Å². The molecule has 2 fully saturated rings. The van der Waals surface area contributed by atoms with E-state index in [1.165, 1.54) is 10.4 Å². The van der Waals surface area contributed by atoms with Gasteiger partial charge < -0.3 is 4.90 Å². The van der Waals surface area contributed by atoms with Crippen molar-refractivity contribution >= 4 is 15.9 Å². The molecule has 1 aromatic rings. The second kappa shape index (κ2) is 6.72. The van der Waals surface area contributed by atoms with Crippen molar-refractivity contribution in [3.63, 3.8) is 0 Å². The zero-order valence-corrected chi connectivity index (χ0v) is 13.9. The fourth-order valence-corrected chi connectivity index (χ4v) is 4.00. The van der Waals surface area contributed by atoms with Gasteiger partial charge in [-0.2, -0.15) is 12.7 Å². The van der Waals surface area contributed by atoms with Gasteiger partial charge in [-0.25, -0.2) is 9.53 Å². The molecule has 2 aliphatic rings. The molecule has 23 heavy (non-hydrogen) atoms. The average molecular weight is 342 g/mol. The Kier molecular flexibility index (Phi) is 4.86. The lowest BCUT2D eigenvalue weighted by Gasteiger charge is -2.34. The molecule has 128 valence electrons. The van der Waals surface area contributed by atoms with E-state index < -0.39 is 10.2 Å². The van der Waals surface area contributed by atoms with Gasteiger partial charge >= 0.3 is 0 Å². The number of anilines is 1. The largest absolute Gasteiger partial charge is 0.371 e. The number of halogens is 1. The van der Waals surface area contributed by atoms with Gasteiger partial charge in [-0.3, -0.25) is 4.90 Å². The van der Waals surface area contributed by atoms with Crippen LogP contribution in [0.3, 0.4) is 0 Å².